The monoisotopic (exact) mass is 234 g/mol. The molecular weight excluding hydrogens is 219 g/mol. The predicted molar refractivity (Wildman–Crippen MR) is 64.2 cm³/mol. The summed E-state index contributed by atoms with van der Waals surface area (Å²) in [7, 11) is 0. The lowest BCUT2D eigenvalue weighted by molar-refractivity contribution is -0.130. The summed E-state index contributed by atoms with van der Waals surface area (Å²) in [5, 5.41) is 0. The Morgan fingerprint density at radius 2 is 1.65 bits per heavy atom. The second-order valence-corrected chi connectivity index (χ2v) is 4.01. The molecule has 0 N–H and O–H groups in total. The molecule has 0 saturated heterocycles. The molecule has 0 aliphatic heterocycles. The van der Waals surface area contributed by atoms with Gasteiger partial charge in [-0.3, -0.25) is 9.59 Å². The maximum Gasteiger partial charge on any atom is 0.141 e. The van der Waals surface area contributed by atoms with Gasteiger partial charge in [0, 0.05) is 5.92 Å². The van der Waals surface area contributed by atoms with Crippen LogP contribution in [0, 0.1) is 11.7 Å². The molecule has 2 nitrogen and oxygen atoms in total. The summed E-state index contributed by atoms with van der Waals surface area (Å²) in [5.74, 6) is -1.89. The first-order valence-corrected chi connectivity index (χ1v) is 5.36. The normalized spacial score (nSPS) is 12.2. The molecule has 0 saturated carbocycles. The minimum Gasteiger partial charge on any atom is -0.299 e. The average Bonchev–Trinajstić information content (AvgIpc) is 2.26. The summed E-state index contributed by atoms with van der Waals surface area (Å²) in [6, 6.07) is 5.76. The maximum absolute atomic E-state index is 12.8. The highest BCUT2D eigenvalue weighted by molar-refractivity contribution is 6.01. The summed E-state index contributed by atoms with van der Waals surface area (Å²) in [5.41, 5.74) is 0.719. The zero-order chi connectivity index (χ0) is 13.0. The first kappa shape index (κ1) is 13.3. The number of rotatable bonds is 5. The van der Waals surface area contributed by atoms with E-state index in [2.05, 4.69) is 6.58 Å². The number of benzene rings is 1. The van der Waals surface area contributed by atoms with Gasteiger partial charge >= 0.3 is 0 Å². The molecule has 0 unspecified atom stereocenters. The molecule has 0 fully saturated rings. The summed E-state index contributed by atoms with van der Waals surface area (Å²) in [6.45, 7) is 6.41. The van der Waals surface area contributed by atoms with Gasteiger partial charge in [0.05, 0.1) is 5.92 Å². The Morgan fingerprint density at radius 3 is 2.00 bits per heavy atom. The minimum atomic E-state index is -0.738. The highest BCUT2D eigenvalue weighted by Crippen LogP contribution is 2.27. The molecule has 0 aliphatic rings. The Morgan fingerprint density at radius 1 is 1.18 bits per heavy atom. The van der Waals surface area contributed by atoms with E-state index in [9.17, 15) is 14.0 Å². The van der Waals surface area contributed by atoms with Crippen molar-refractivity contribution in [1.29, 1.82) is 0 Å². The Labute approximate surface area is 100 Å². The van der Waals surface area contributed by atoms with Crippen LogP contribution in [0.3, 0.4) is 0 Å². The highest BCUT2D eigenvalue weighted by atomic mass is 19.1. The van der Waals surface area contributed by atoms with Crippen LogP contribution in [0.1, 0.15) is 25.3 Å². The van der Waals surface area contributed by atoms with E-state index in [-0.39, 0.29) is 17.4 Å². The van der Waals surface area contributed by atoms with Crippen molar-refractivity contribution in [2.45, 2.75) is 19.8 Å². The van der Waals surface area contributed by atoms with Crippen LogP contribution >= 0.6 is 0 Å². The van der Waals surface area contributed by atoms with Gasteiger partial charge in [-0.05, 0) is 31.5 Å². The zero-order valence-electron chi connectivity index (χ0n) is 9.94. The number of hydrogen-bond acceptors (Lipinski definition) is 2. The number of hydrogen-bond donors (Lipinski definition) is 0. The number of ketones is 2. The second kappa shape index (κ2) is 5.53. The summed E-state index contributed by atoms with van der Waals surface area (Å²) in [4.78, 5) is 23.0. The van der Waals surface area contributed by atoms with Gasteiger partial charge in [0.15, 0.2) is 0 Å². The van der Waals surface area contributed by atoms with Crippen molar-refractivity contribution in [3.05, 3.63) is 48.3 Å². The Bertz CT molecular complexity index is 420. The molecule has 3 heteroatoms. The third-order valence-corrected chi connectivity index (χ3v) is 2.74. The van der Waals surface area contributed by atoms with Crippen LogP contribution in [0.4, 0.5) is 4.39 Å². The van der Waals surface area contributed by atoms with Crippen LogP contribution in [0.2, 0.25) is 0 Å². The number of halogens is 1. The van der Waals surface area contributed by atoms with Crippen LogP contribution < -0.4 is 0 Å². The minimum absolute atomic E-state index is 0.202. The maximum atomic E-state index is 12.8. The number of allylic oxidation sites excluding steroid dienone is 1. The van der Waals surface area contributed by atoms with Crippen molar-refractivity contribution in [3.8, 4) is 0 Å². The van der Waals surface area contributed by atoms with Crippen molar-refractivity contribution in [3.63, 3.8) is 0 Å². The fourth-order valence-electron chi connectivity index (χ4n) is 1.94. The van der Waals surface area contributed by atoms with Crippen molar-refractivity contribution in [2.75, 3.05) is 0 Å². The summed E-state index contributed by atoms with van der Waals surface area (Å²) >= 11 is 0. The van der Waals surface area contributed by atoms with Gasteiger partial charge in [-0.2, -0.15) is 0 Å². The van der Waals surface area contributed by atoms with Crippen molar-refractivity contribution in [2.24, 2.45) is 5.92 Å². The van der Waals surface area contributed by atoms with E-state index >= 15 is 0 Å². The standard InChI is InChI=1S/C14H15FO2/c1-4-13(14(9(2)16)10(3)17)11-5-7-12(15)8-6-11/h4-8,13-14H,1H2,2-3H3/t13-/m1/s1. The van der Waals surface area contributed by atoms with Crippen LogP contribution in [0.25, 0.3) is 0 Å². The van der Waals surface area contributed by atoms with E-state index in [1.807, 2.05) is 0 Å². The first-order chi connectivity index (χ1) is 7.97. The summed E-state index contributed by atoms with van der Waals surface area (Å²) < 4.78 is 12.8. The van der Waals surface area contributed by atoms with Crippen molar-refractivity contribution < 1.29 is 14.0 Å². The molecule has 0 bridgehead atoms. The Kier molecular flexibility index (Phi) is 4.32. The molecule has 1 rings (SSSR count). The highest BCUT2D eigenvalue weighted by Gasteiger charge is 2.28. The molecule has 0 heterocycles. The molecule has 90 valence electrons. The van der Waals surface area contributed by atoms with Gasteiger partial charge < -0.3 is 0 Å². The third kappa shape index (κ3) is 3.09. The van der Waals surface area contributed by atoms with Gasteiger partial charge in [0.2, 0.25) is 0 Å². The quantitative estimate of drug-likeness (QED) is 0.580. The summed E-state index contributed by atoms with van der Waals surface area (Å²) in [6.07, 6.45) is 1.56. The molecule has 0 amide bonds. The van der Waals surface area contributed by atoms with Crippen molar-refractivity contribution in [1.82, 2.24) is 0 Å². The predicted octanol–water partition coefficient (Wildman–Crippen LogP) is 2.89. The van der Waals surface area contributed by atoms with Crippen LogP contribution in [0.15, 0.2) is 36.9 Å². The lowest BCUT2D eigenvalue weighted by Crippen LogP contribution is -2.25. The fourth-order valence-corrected chi connectivity index (χ4v) is 1.94. The average molecular weight is 234 g/mol. The number of carbonyl (C=O) groups is 2. The SMILES string of the molecule is C=C[C@H](c1ccc(F)cc1)C(C(C)=O)C(C)=O. The molecule has 0 aliphatic carbocycles. The smallest absolute Gasteiger partial charge is 0.141 e. The molecule has 1 atom stereocenters. The van der Waals surface area contributed by atoms with Gasteiger partial charge in [-0.15, -0.1) is 6.58 Å². The van der Waals surface area contributed by atoms with E-state index in [0.717, 1.165) is 5.56 Å². The number of carbonyl (C=O) groups excluding carboxylic acids is 2. The van der Waals surface area contributed by atoms with Gasteiger partial charge in [0.25, 0.3) is 0 Å². The zero-order valence-corrected chi connectivity index (χ0v) is 9.94. The molecular formula is C14H15FO2. The van der Waals surface area contributed by atoms with Crippen LogP contribution in [0.5, 0.6) is 0 Å². The van der Waals surface area contributed by atoms with Crippen LogP contribution in [-0.4, -0.2) is 11.6 Å². The third-order valence-electron chi connectivity index (χ3n) is 2.74. The molecule has 1 aromatic rings. The first-order valence-electron chi connectivity index (χ1n) is 5.36. The second-order valence-electron chi connectivity index (χ2n) is 4.01. The van der Waals surface area contributed by atoms with E-state index in [1.165, 1.54) is 26.0 Å². The molecule has 1 aromatic carbocycles. The van der Waals surface area contributed by atoms with Crippen LogP contribution in [-0.2, 0) is 9.59 Å². The Balaban J connectivity index is 3.13. The van der Waals surface area contributed by atoms with E-state index in [4.69, 9.17) is 0 Å². The van der Waals surface area contributed by atoms with Gasteiger partial charge in [0.1, 0.15) is 17.4 Å². The molecule has 0 radical (unpaired) electrons. The van der Waals surface area contributed by atoms with Gasteiger partial charge in [-0.1, -0.05) is 18.2 Å². The lowest BCUT2D eigenvalue weighted by atomic mass is 9.81. The Hall–Kier alpha value is -1.77. The molecule has 17 heavy (non-hydrogen) atoms. The van der Waals surface area contributed by atoms with Gasteiger partial charge in [-0.25, -0.2) is 4.39 Å². The van der Waals surface area contributed by atoms with Crippen molar-refractivity contribution >= 4 is 11.6 Å². The van der Waals surface area contributed by atoms with E-state index in [1.54, 1.807) is 18.2 Å². The molecule has 0 spiro atoms. The van der Waals surface area contributed by atoms with E-state index in [0.29, 0.717) is 0 Å². The molecule has 0 aromatic heterocycles. The lowest BCUT2D eigenvalue weighted by Gasteiger charge is -2.20. The fraction of sp³-hybridized carbons (Fsp3) is 0.286. The largest absolute Gasteiger partial charge is 0.299 e. The number of Topliss-reactive ketones (excluding diaryl/α,β-unsaturated/α-hetero) is 2. The topological polar surface area (TPSA) is 34.1 Å². The van der Waals surface area contributed by atoms with E-state index < -0.39 is 11.8 Å².